The van der Waals surface area contributed by atoms with E-state index in [4.69, 9.17) is 14.5 Å². The summed E-state index contributed by atoms with van der Waals surface area (Å²) in [6.07, 6.45) is -0.615. The van der Waals surface area contributed by atoms with Gasteiger partial charge in [0.2, 0.25) is 0 Å². The molecule has 0 aliphatic carbocycles. The highest BCUT2D eigenvalue weighted by molar-refractivity contribution is 5.79. The number of nitrogens with one attached hydrogen (secondary N) is 2. The highest BCUT2D eigenvalue weighted by Gasteiger charge is 2.13. The molecule has 3 rings (SSSR count). The predicted octanol–water partition coefficient (Wildman–Crippen LogP) is 2.15. The van der Waals surface area contributed by atoms with Crippen LogP contribution in [0.2, 0.25) is 0 Å². The van der Waals surface area contributed by atoms with Gasteiger partial charge in [0, 0.05) is 32.7 Å². The highest BCUT2D eigenvalue weighted by atomic mass is 16.5. The molecule has 7 heteroatoms. The predicted molar refractivity (Wildman–Crippen MR) is 127 cm³/mol. The third-order valence-electron chi connectivity index (χ3n) is 5.29. The summed E-state index contributed by atoms with van der Waals surface area (Å²) < 4.78 is 11.1. The maximum Gasteiger partial charge on any atom is 0.191 e. The fourth-order valence-corrected chi connectivity index (χ4v) is 3.53. The van der Waals surface area contributed by atoms with Gasteiger partial charge in [0.25, 0.3) is 0 Å². The summed E-state index contributed by atoms with van der Waals surface area (Å²) in [5, 5.41) is 16.7. The van der Waals surface area contributed by atoms with Crippen LogP contribution in [0.1, 0.15) is 23.6 Å². The average Bonchev–Trinajstić information content (AvgIpc) is 2.83. The molecule has 1 fully saturated rings. The van der Waals surface area contributed by atoms with E-state index in [0.29, 0.717) is 25.7 Å². The summed E-state index contributed by atoms with van der Waals surface area (Å²) in [5.41, 5.74) is 3.60. The number of ether oxygens (including phenoxy) is 2. The number of rotatable bonds is 11. The number of aliphatic hydroxyl groups is 1. The Morgan fingerprint density at radius 2 is 1.78 bits per heavy atom. The van der Waals surface area contributed by atoms with Gasteiger partial charge in [-0.05, 0) is 23.6 Å². The van der Waals surface area contributed by atoms with Gasteiger partial charge in [-0.3, -0.25) is 4.90 Å². The van der Waals surface area contributed by atoms with E-state index in [-0.39, 0.29) is 6.61 Å². The molecule has 0 bridgehead atoms. The van der Waals surface area contributed by atoms with Crippen molar-refractivity contribution in [1.82, 2.24) is 15.5 Å². The molecule has 0 spiro atoms. The Labute approximate surface area is 191 Å². The number of nitrogens with zero attached hydrogens (tertiary/aromatic N) is 2. The molecule has 174 valence electrons. The van der Waals surface area contributed by atoms with Crippen LogP contribution in [0.3, 0.4) is 0 Å². The third-order valence-corrected chi connectivity index (χ3v) is 5.29. The summed E-state index contributed by atoms with van der Waals surface area (Å²) in [6, 6.07) is 18.4. The van der Waals surface area contributed by atoms with E-state index < -0.39 is 6.10 Å². The minimum atomic E-state index is -0.615. The van der Waals surface area contributed by atoms with Crippen molar-refractivity contribution in [3.8, 4) is 0 Å². The van der Waals surface area contributed by atoms with Gasteiger partial charge in [0.15, 0.2) is 5.96 Å². The zero-order valence-electron chi connectivity index (χ0n) is 19.0. The lowest BCUT2D eigenvalue weighted by molar-refractivity contribution is 0.0308. The molecule has 1 aliphatic heterocycles. The fourth-order valence-electron chi connectivity index (χ4n) is 3.53. The zero-order valence-corrected chi connectivity index (χ0v) is 19.0. The Kier molecular flexibility index (Phi) is 10.5. The molecule has 7 nitrogen and oxygen atoms in total. The van der Waals surface area contributed by atoms with Crippen LogP contribution in [0.25, 0.3) is 0 Å². The first-order valence-electron chi connectivity index (χ1n) is 11.4. The number of hydrogen-bond donors (Lipinski definition) is 3. The number of aliphatic imine (C=N–C) groups is 1. The van der Waals surface area contributed by atoms with Crippen LogP contribution < -0.4 is 10.6 Å². The molecular weight excluding hydrogens is 404 g/mol. The van der Waals surface area contributed by atoms with Crippen LogP contribution in [0.4, 0.5) is 0 Å². The molecule has 1 atom stereocenters. The molecule has 2 aromatic rings. The number of hydrogen-bond acceptors (Lipinski definition) is 5. The van der Waals surface area contributed by atoms with Crippen LogP contribution in [0, 0.1) is 0 Å². The molecule has 1 saturated heterocycles. The van der Waals surface area contributed by atoms with Crippen molar-refractivity contribution in [2.45, 2.75) is 32.7 Å². The normalized spacial score (nSPS) is 16.0. The van der Waals surface area contributed by atoms with Crippen LogP contribution >= 0.6 is 0 Å². The van der Waals surface area contributed by atoms with Crippen molar-refractivity contribution >= 4 is 5.96 Å². The second-order valence-electron chi connectivity index (χ2n) is 7.89. The van der Waals surface area contributed by atoms with Gasteiger partial charge < -0.3 is 25.2 Å². The second-order valence-corrected chi connectivity index (χ2v) is 7.89. The third kappa shape index (κ3) is 8.59. The van der Waals surface area contributed by atoms with Gasteiger partial charge in [-0.2, -0.15) is 0 Å². The van der Waals surface area contributed by atoms with Crippen molar-refractivity contribution < 1.29 is 14.6 Å². The fraction of sp³-hybridized carbons (Fsp3) is 0.480. The Morgan fingerprint density at radius 3 is 2.53 bits per heavy atom. The molecule has 0 radical (unpaired) electrons. The molecule has 0 aromatic heterocycles. The van der Waals surface area contributed by atoms with Crippen LogP contribution in [0.5, 0.6) is 0 Å². The summed E-state index contributed by atoms with van der Waals surface area (Å²) in [6.45, 7) is 8.93. The van der Waals surface area contributed by atoms with Gasteiger partial charge in [-0.25, -0.2) is 4.99 Å². The minimum absolute atomic E-state index is 0.268. The zero-order chi connectivity index (χ0) is 22.4. The molecule has 3 N–H and O–H groups in total. The van der Waals surface area contributed by atoms with Crippen molar-refractivity contribution in [2.24, 2.45) is 4.99 Å². The minimum Gasteiger partial charge on any atom is -0.389 e. The van der Waals surface area contributed by atoms with Crippen molar-refractivity contribution in [2.75, 3.05) is 46.0 Å². The lowest BCUT2D eigenvalue weighted by Crippen LogP contribution is -2.42. The largest absolute Gasteiger partial charge is 0.389 e. The van der Waals surface area contributed by atoms with Gasteiger partial charge in [0.1, 0.15) is 0 Å². The first kappa shape index (κ1) is 24.2. The van der Waals surface area contributed by atoms with E-state index in [1.165, 1.54) is 11.1 Å². The summed E-state index contributed by atoms with van der Waals surface area (Å²) in [5.74, 6) is 0.691. The monoisotopic (exact) mass is 440 g/mol. The molecule has 1 aliphatic rings. The average molecular weight is 441 g/mol. The summed E-state index contributed by atoms with van der Waals surface area (Å²) in [4.78, 5) is 7.15. The molecule has 2 aromatic carbocycles. The standard InChI is InChI=1S/C25H36N4O3/c1-2-26-25(28-17-24(30)20-32-19-21-8-4-3-5-9-21)27-16-22-10-6-7-11-23(22)18-29-12-14-31-15-13-29/h3-11,24,30H,2,12-20H2,1H3,(H2,26,27,28). The van der Waals surface area contributed by atoms with Crippen molar-refractivity contribution in [3.05, 3.63) is 71.3 Å². The topological polar surface area (TPSA) is 78.4 Å². The van der Waals surface area contributed by atoms with E-state index in [9.17, 15) is 5.11 Å². The highest BCUT2D eigenvalue weighted by Crippen LogP contribution is 2.14. The quantitative estimate of drug-likeness (QED) is 0.367. The molecule has 1 unspecified atom stereocenters. The second kappa shape index (κ2) is 13.9. The van der Waals surface area contributed by atoms with Crippen LogP contribution in [-0.4, -0.2) is 68.1 Å². The van der Waals surface area contributed by atoms with Gasteiger partial charge in [-0.15, -0.1) is 0 Å². The summed E-state index contributed by atoms with van der Waals surface area (Å²) >= 11 is 0. The van der Waals surface area contributed by atoms with Crippen LogP contribution in [0.15, 0.2) is 59.6 Å². The maximum atomic E-state index is 10.3. The molecule has 0 amide bonds. The molecule has 1 heterocycles. The lowest BCUT2D eigenvalue weighted by Gasteiger charge is -2.27. The Bertz CT molecular complexity index is 810. The van der Waals surface area contributed by atoms with Crippen molar-refractivity contribution in [1.29, 1.82) is 0 Å². The molecule has 0 saturated carbocycles. The van der Waals surface area contributed by atoms with E-state index in [2.05, 4.69) is 39.8 Å². The van der Waals surface area contributed by atoms with E-state index in [1.54, 1.807) is 0 Å². The summed E-state index contributed by atoms with van der Waals surface area (Å²) in [7, 11) is 0. The number of aliphatic hydroxyl groups excluding tert-OH is 1. The first-order chi connectivity index (χ1) is 15.7. The Morgan fingerprint density at radius 1 is 1.06 bits per heavy atom. The molecule has 32 heavy (non-hydrogen) atoms. The van der Waals surface area contributed by atoms with E-state index >= 15 is 0 Å². The SMILES string of the molecule is CCNC(=NCc1ccccc1CN1CCOCC1)NCC(O)COCc1ccccc1. The number of morpholine rings is 1. The number of benzene rings is 2. The van der Waals surface area contributed by atoms with Gasteiger partial charge >= 0.3 is 0 Å². The van der Waals surface area contributed by atoms with Gasteiger partial charge in [-0.1, -0.05) is 54.6 Å². The van der Waals surface area contributed by atoms with Crippen molar-refractivity contribution in [3.63, 3.8) is 0 Å². The van der Waals surface area contributed by atoms with E-state index in [1.807, 2.05) is 37.3 Å². The Balaban J connectivity index is 1.47. The maximum absolute atomic E-state index is 10.3. The number of guanidine groups is 1. The van der Waals surface area contributed by atoms with Gasteiger partial charge in [0.05, 0.1) is 39.1 Å². The first-order valence-corrected chi connectivity index (χ1v) is 11.4. The Hall–Kier alpha value is -2.45. The smallest absolute Gasteiger partial charge is 0.191 e. The molecular formula is C25H36N4O3. The lowest BCUT2D eigenvalue weighted by atomic mass is 10.1. The van der Waals surface area contributed by atoms with Crippen LogP contribution in [-0.2, 0) is 29.2 Å². The van der Waals surface area contributed by atoms with E-state index in [0.717, 1.165) is 45.0 Å².